The fourth-order valence-electron chi connectivity index (χ4n) is 2.53. The monoisotopic (exact) mass is 390 g/mol. The first-order valence-corrected chi connectivity index (χ1v) is 9.97. The summed E-state index contributed by atoms with van der Waals surface area (Å²) in [6, 6.07) is 3.47. The Morgan fingerprint density at radius 3 is 2.71 bits per heavy atom. The molecule has 0 unspecified atom stereocenters. The van der Waals surface area contributed by atoms with Crippen molar-refractivity contribution >= 4 is 38.3 Å². The van der Waals surface area contributed by atoms with Crippen LogP contribution in [0.2, 0.25) is 5.02 Å². The van der Waals surface area contributed by atoms with E-state index in [-0.39, 0.29) is 9.92 Å². The van der Waals surface area contributed by atoms with Crippen molar-refractivity contribution in [3.8, 4) is 0 Å². The molecule has 1 aliphatic rings. The third-order valence-corrected chi connectivity index (χ3v) is 6.82. The first-order chi connectivity index (χ1) is 11.4. The molecule has 10 heteroatoms. The van der Waals surface area contributed by atoms with Crippen molar-refractivity contribution in [1.29, 1.82) is 0 Å². The summed E-state index contributed by atoms with van der Waals surface area (Å²) in [5.74, 6) is 0.0778. The predicted octanol–water partition coefficient (Wildman–Crippen LogP) is 2.54. The molecule has 0 atom stereocenters. The van der Waals surface area contributed by atoms with Gasteiger partial charge >= 0.3 is 0 Å². The molecule has 1 saturated heterocycles. The lowest BCUT2D eigenvalue weighted by Crippen LogP contribution is -2.35. The molecule has 0 N–H and O–H groups in total. The van der Waals surface area contributed by atoms with Crippen molar-refractivity contribution < 1.29 is 12.8 Å². The lowest BCUT2D eigenvalue weighted by atomic mass is 10.3. The molecular weight excluding hydrogens is 375 g/mol. The Labute approximate surface area is 149 Å². The van der Waals surface area contributed by atoms with Crippen LogP contribution in [0.3, 0.4) is 0 Å². The molecule has 2 aromatic rings. The van der Waals surface area contributed by atoms with E-state index in [0.717, 1.165) is 17.3 Å². The number of anilines is 1. The van der Waals surface area contributed by atoms with E-state index in [2.05, 4.69) is 9.36 Å². The molecule has 24 heavy (non-hydrogen) atoms. The van der Waals surface area contributed by atoms with Crippen LogP contribution >= 0.6 is 23.1 Å². The molecule has 0 saturated carbocycles. The first kappa shape index (κ1) is 17.5. The van der Waals surface area contributed by atoms with Crippen LogP contribution in [0.4, 0.5) is 9.52 Å². The maximum Gasteiger partial charge on any atom is 0.243 e. The smallest absolute Gasteiger partial charge is 0.243 e. The third kappa shape index (κ3) is 3.53. The molecule has 1 aromatic heterocycles. The average molecular weight is 391 g/mol. The van der Waals surface area contributed by atoms with Gasteiger partial charge in [0.2, 0.25) is 15.2 Å². The lowest BCUT2D eigenvalue weighted by Gasteiger charge is -2.21. The molecule has 0 aliphatic carbocycles. The topological polar surface area (TPSA) is 66.4 Å². The Bertz CT molecular complexity index is 843. The molecule has 2 heterocycles. The van der Waals surface area contributed by atoms with Crippen molar-refractivity contribution in [1.82, 2.24) is 13.7 Å². The zero-order valence-corrected chi connectivity index (χ0v) is 15.3. The summed E-state index contributed by atoms with van der Waals surface area (Å²) in [4.78, 5) is 6.40. The molecule has 0 radical (unpaired) electrons. The van der Waals surface area contributed by atoms with E-state index in [1.54, 1.807) is 0 Å². The van der Waals surface area contributed by atoms with Crippen molar-refractivity contribution in [2.24, 2.45) is 0 Å². The first-order valence-electron chi connectivity index (χ1n) is 7.38. The highest BCUT2D eigenvalue weighted by Crippen LogP contribution is 2.24. The second-order valence-electron chi connectivity index (χ2n) is 5.44. The molecule has 1 aromatic carbocycles. The van der Waals surface area contributed by atoms with Gasteiger partial charge in [0, 0.05) is 37.7 Å². The van der Waals surface area contributed by atoms with Gasteiger partial charge in [-0.15, -0.1) is 0 Å². The molecule has 0 spiro atoms. The van der Waals surface area contributed by atoms with E-state index >= 15 is 0 Å². The highest BCUT2D eigenvalue weighted by molar-refractivity contribution is 7.89. The summed E-state index contributed by atoms with van der Waals surface area (Å²) in [6.07, 6.45) is 0.673. The van der Waals surface area contributed by atoms with Crippen LogP contribution in [0.1, 0.15) is 12.2 Å². The predicted molar refractivity (Wildman–Crippen MR) is 91.6 cm³/mol. The maximum absolute atomic E-state index is 13.3. The van der Waals surface area contributed by atoms with Crippen LogP contribution in [-0.2, 0) is 10.0 Å². The summed E-state index contributed by atoms with van der Waals surface area (Å²) in [5, 5.41) is 0.605. The zero-order chi connectivity index (χ0) is 17.3. The second-order valence-corrected chi connectivity index (χ2v) is 8.52. The molecule has 3 rings (SSSR count). The highest BCUT2D eigenvalue weighted by Gasteiger charge is 2.28. The third-order valence-electron chi connectivity index (χ3n) is 3.77. The summed E-state index contributed by atoms with van der Waals surface area (Å²) < 4.78 is 44.3. The van der Waals surface area contributed by atoms with Crippen molar-refractivity contribution in [3.05, 3.63) is 34.9 Å². The van der Waals surface area contributed by atoms with Gasteiger partial charge < -0.3 is 4.90 Å². The number of hydrogen-bond acceptors (Lipinski definition) is 6. The van der Waals surface area contributed by atoms with Gasteiger partial charge in [-0.05, 0) is 31.5 Å². The van der Waals surface area contributed by atoms with E-state index in [4.69, 9.17) is 11.6 Å². The summed E-state index contributed by atoms with van der Waals surface area (Å²) in [7, 11) is -3.70. The quantitative estimate of drug-likeness (QED) is 0.805. The fourth-order valence-corrected chi connectivity index (χ4v) is 4.99. The molecule has 0 amide bonds. The van der Waals surface area contributed by atoms with Crippen molar-refractivity contribution in [2.45, 2.75) is 18.2 Å². The van der Waals surface area contributed by atoms with E-state index in [1.807, 2.05) is 11.8 Å². The van der Waals surface area contributed by atoms with Gasteiger partial charge in [0.05, 0.1) is 9.92 Å². The van der Waals surface area contributed by atoms with Crippen LogP contribution in [0.5, 0.6) is 0 Å². The molecular formula is C14H16ClFN4O2S2. The van der Waals surface area contributed by atoms with Gasteiger partial charge in [0.1, 0.15) is 11.6 Å². The van der Waals surface area contributed by atoms with E-state index < -0.39 is 15.8 Å². The number of hydrogen-bond donors (Lipinski definition) is 0. The summed E-state index contributed by atoms with van der Waals surface area (Å²) >= 11 is 7.03. The standard InChI is InChI=1S/C14H16ClFN4O2S2/c1-10-17-14(23-18-10)19-5-2-6-20(8-7-19)24(21,22)11-3-4-13(16)12(15)9-11/h3-4,9H,2,5-8H2,1H3. The molecule has 0 bridgehead atoms. The van der Waals surface area contributed by atoms with E-state index in [1.165, 1.54) is 21.9 Å². The number of nitrogens with zero attached hydrogens (tertiary/aromatic N) is 4. The maximum atomic E-state index is 13.3. The number of rotatable bonds is 3. The van der Waals surface area contributed by atoms with Crippen molar-refractivity contribution in [2.75, 3.05) is 31.1 Å². The highest BCUT2D eigenvalue weighted by atomic mass is 35.5. The zero-order valence-electron chi connectivity index (χ0n) is 12.9. The lowest BCUT2D eigenvalue weighted by molar-refractivity contribution is 0.433. The number of halogens is 2. The van der Waals surface area contributed by atoms with Gasteiger partial charge in [0.25, 0.3) is 0 Å². The van der Waals surface area contributed by atoms with Crippen LogP contribution in [0, 0.1) is 12.7 Å². The van der Waals surface area contributed by atoms with Crippen LogP contribution in [-0.4, -0.2) is 48.3 Å². The molecule has 6 nitrogen and oxygen atoms in total. The van der Waals surface area contributed by atoms with Gasteiger partial charge in [0.15, 0.2) is 0 Å². The molecule has 130 valence electrons. The van der Waals surface area contributed by atoms with Gasteiger partial charge in [-0.2, -0.15) is 8.68 Å². The largest absolute Gasteiger partial charge is 0.345 e. The Morgan fingerprint density at radius 1 is 1.25 bits per heavy atom. The average Bonchev–Trinajstić information content (AvgIpc) is 2.82. The number of sulfonamides is 1. The minimum Gasteiger partial charge on any atom is -0.345 e. The Morgan fingerprint density at radius 2 is 2.04 bits per heavy atom. The summed E-state index contributed by atoms with van der Waals surface area (Å²) in [5.41, 5.74) is 0. The fraction of sp³-hybridized carbons (Fsp3) is 0.429. The van der Waals surface area contributed by atoms with E-state index in [9.17, 15) is 12.8 Å². The van der Waals surface area contributed by atoms with Crippen LogP contribution in [0.15, 0.2) is 23.1 Å². The van der Waals surface area contributed by atoms with E-state index in [0.29, 0.717) is 38.4 Å². The Kier molecular flexibility index (Phi) is 5.05. The Hall–Kier alpha value is -1.29. The van der Waals surface area contributed by atoms with Crippen LogP contribution < -0.4 is 4.90 Å². The van der Waals surface area contributed by atoms with Crippen molar-refractivity contribution in [3.63, 3.8) is 0 Å². The van der Waals surface area contributed by atoms with Gasteiger partial charge in [-0.3, -0.25) is 0 Å². The second kappa shape index (κ2) is 6.91. The minimum atomic E-state index is -3.70. The number of aromatic nitrogens is 2. The molecule has 1 aliphatic heterocycles. The normalized spacial score (nSPS) is 17.0. The minimum absolute atomic E-state index is 0.00843. The number of benzene rings is 1. The van der Waals surface area contributed by atoms with Gasteiger partial charge in [-0.1, -0.05) is 11.6 Å². The number of aryl methyl sites for hydroxylation is 1. The molecule has 1 fully saturated rings. The summed E-state index contributed by atoms with van der Waals surface area (Å²) in [6.45, 7) is 3.79. The Balaban J connectivity index is 1.78. The van der Waals surface area contributed by atoms with Gasteiger partial charge in [-0.25, -0.2) is 17.8 Å². The SMILES string of the molecule is Cc1nsc(N2CCCN(S(=O)(=O)c3ccc(F)c(Cl)c3)CC2)n1. The van der Waals surface area contributed by atoms with Crippen LogP contribution in [0.25, 0.3) is 0 Å².